The number of carboxylic acid groups (broad SMARTS) is 1. The third kappa shape index (κ3) is 30.0. The van der Waals surface area contributed by atoms with E-state index in [0.29, 0.717) is 57.1 Å². The van der Waals surface area contributed by atoms with E-state index in [1.165, 1.54) is 76.7 Å². The average molecular weight is 1780 g/mol. The van der Waals surface area contributed by atoms with Crippen molar-refractivity contribution in [1.82, 2.24) is 77.3 Å². The highest BCUT2D eigenvalue weighted by atomic mass is 32.2. The van der Waals surface area contributed by atoms with Crippen LogP contribution < -0.4 is 53.6 Å². The van der Waals surface area contributed by atoms with Crippen LogP contribution in [0.15, 0.2) is 170 Å². The molecule has 8 rings (SSSR count). The van der Waals surface area contributed by atoms with Crippen LogP contribution in [-0.2, 0) is 115 Å². The highest BCUT2D eigenvalue weighted by Crippen LogP contribution is 2.24. The number of aromatic amines is 1. The first-order valence-electron chi connectivity index (χ1n) is 41.9. The van der Waals surface area contributed by atoms with Crippen molar-refractivity contribution in [3.05, 3.63) is 203 Å². The molecule has 6 aromatic carbocycles. The van der Waals surface area contributed by atoms with E-state index in [1.807, 2.05) is 6.92 Å². The third-order valence-corrected chi connectivity index (χ3v) is 22.7. The minimum Gasteiger partial charge on any atom is -0.508 e. The van der Waals surface area contributed by atoms with Crippen molar-refractivity contribution < 1.29 is 97.1 Å². The van der Waals surface area contributed by atoms with Gasteiger partial charge in [-0.1, -0.05) is 167 Å². The molecule has 0 bridgehead atoms. The molecule has 0 spiro atoms. The number of primary amides is 1. The maximum atomic E-state index is 15.5. The molecule has 37 heteroatoms. The van der Waals surface area contributed by atoms with E-state index in [-0.39, 0.29) is 68.8 Å². The molecule has 36 nitrogen and oxygen atoms in total. The summed E-state index contributed by atoms with van der Waals surface area (Å²) >= 11 is 0.821. The van der Waals surface area contributed by atoms with Gasteiger partial charge in [-0.05, 0) is 82.5 Å². The number of aliphatic hydroxyl groups excluding tert-OH is 1. The number of hydrogen-bond acceptors (Lipinski definition) is 20. The number of fused-ring (bicyclic) bond motifs is 1. The molecule has 1 aliphatic heterocycles. The zero-order valence-electron chi connectivity index (χ0n) is 72.7. The highest BCUT2D eigenvalue weighted by Gasteiger charge is 2.42. The number of nitrogens with one attached hydrogen (secondary N) is 10. The fraction of sp³-hybridized carbons (Fsp3) is 0.407. The number of H-pyrrole nitrogens is 1. The monoisotopic (exact) mass is 1780 g/mol. The maximum Gasteiger partial charge on any atom is 0.305 e. The number of carbonyl (C=O) groups is 16. The zero-order chi connectivity index (χ0) is 93.4. The van der Waals surface area contributed by atoms with E-state index in [4.69, 9.17) is 5.73 Å². The molecule has 1 aromatic heterocycles. The number of phenolic OH excluding ortho intramolecular Hbond substituents is 2. The van der Waals surface area contributed by atoms with Crippen molar-refractivity contribution in [3.63, 3.8) is 0 Å². The molecule has 0 saturated carbocycles. The van der Waals surface area contributed by atoms with E-state index in [0.717, 1.165) is 43.3 Å². The number of rotatable bonds is 23. The number of para-hydroxylation sites is 1. The van der Waals surface area contributed by atoms with Gasteiger partial charge in [-0.25, -0.2) is 0 Å². The summed E-state index contributed by atoms with van der Waals surface area (Å²) in [5, 5.41) is 65.8. The number of aromatic nitrogens is 1. The van der Waals surface area contributed by atoms with Gasteiger partial charge in [0.05, 0.1) is 38.4 Å². The van der Waals surface area contributed by atoms with Crippen LogP contribution in [0.5, 0.6) is 11.5 Å². The first-order valence-corrected chi connectivity index (χ1v) is 43.1. The van der Waals surface area contributed by atoms with E-state index >= 15 is 28.8 Å². The first kappa shape index (κ1) is 99.7. The normalized spacial score (nSPS) is 21.9. The van der Waals surface area contributed by atoms with Gasteiger partial charge in [-0.2, -0.15) is 0 Å². The number of nitrogens with two attached hydrogens (primary N) is 1. The predicted molar refractivity (Wildman–Crippen MR) is 474 cm³/mol. The number of benzene rings is 6. The van der Waals surface area contributed by atoms with Gasteiger partial charge in [-0.15, -0.1) is 11.8 Å². The summed E-state index contributed by atoms with van der Waals surface area (Å²) in [6, 6.07) is 26.0. The molecule has 7 aromatic rings. The van der Waals surface area contributed by atoms with E-state index in [9.17, 15) is 68.4 Å². The zero-order valence-corrected chi connectivity index (χ0v) is 73.5. The number of amides is 15. The Morgan fingerprint density at radius 1 is 0.461 bits per heavy atom. The maximum absolute atomic E-state index is 15.5. The molecule has 1 fully saturated rings. The summed E-state index contributed by atoms with van der Waals surface area (Å²) in [4.78, 5) is 242. The van der Waals surface area contributed by atoms with Crippen LogP contribution in [0.1, 0.15) is 86.3 Å². The summed E-state index contributed by atoms with van der Waals surface area (Å²) in [5.74, 6) is -17.5. The van der Waals surface area contributed by atoms with Crippen LogP contribution in [0.25, 0.3) is 10.9 Å². The highest BCUT2D eigenvalue weighted by molar-refractivity contribution is 8.00. The largest absolute Gasteiger partial charge is 0.508 e. The minimum absolute atomic E-state index is 0.00804. The fourth-order valence-electron chi connectivity index (χ4n) is 14.7. The Kier molecular flexibility index (Phi) is 37.9. The van der Waals surface area contributed by atoms with Crippen molar-refractivity contribution in [1.29, 1.82) is 0 Å². The lowest BCUT2D eigenvalue weighted by molar-refractivity contribution is -0.151. The number of likely N-dealkylation sites (N-methyl/N-ethyl adjacent to an activating group) is 5. The fourth-order valence-corrected chi connectivity index (χ4v) is 15.5. The summed E-state index contributed by atoms with van der Waals surface area (Å²) in [5.41, 5.74) is 8.96. The van der Waals surface area contributed by atoms with Crippen molar-refractivity contribution in [3.8, 4) is 11.5 Å². The summed E-state index contributed by atoms with van der Waals surface area (Å²) in [6.45, 7) is 1.77. The molecule has 0 aliphatic carbocycles. The summed E-state index contributed by atoms with van der Waals surface area (Å²) in [6.07, 6.45) is -0.224. The van der Waals surface area contributed by atoms with Gasteiger partial charge < -0.3 is 103 Å². The molecule has 2 heterocycles. The molecular weight excluding hydrogens is 1670 g/mol. The van der Waals surface area contributed by atoms with Crippen LogP contribution in [0.3, 0.4) is 0 Å². The van der Waals surface area contributed by atoms with Crippen LogP contribution in [-0.4, -0.2) is 284 Å². The molecule has 0 radical (unpaired) electrons. The van der Waals surface area contributed by atoms with Gasteiger partial charge in [0.2, 0.25) is 88.6 Å². The molecule has 1 saturated heterocycles. The predicted octanol–water partition coefficient (Wildman–Crippen LogP) is 0.663. The molecule has 1 aliphatic rings. The SMILES string of the molecule is CCCC[C@H]1C(=O)N(C)CC(=O)N[C@@H](CC(=O)O)C(=O)N[C@@H](CO)C(=O)N(C)[C@@H](Cc2ccccc2)C(=O)N[C@@H](Cc2ccc(O)cc2)C(=O)N(C)CC(=O)N[C@@H](Cc2c[nH]c3ccccc23)C(=O)N[C@@H](Cc2ccc(O)cc2)C(=O)N[C@@H](CC(C)C)C(=O)N[C@H](C(=O)NCC(N)=O)CSCC(=O)N[C@@H](Cc2ccccc2)C(=O)N(C)[C@@H](Cc2ccccc2)C(=O)N1C. The number of unbranched alkanes of at least 4 members (excludes halogenated alkanes) is 1. The minimum atomic E-state index is -2.01. The lowest BCUT2D eigenvalue weighted by Gasteiger charge is -2.37. The molecule has 0 unspecified atom stereocenters. The van der Waals surface area contributed by atoms with E-state index < -0.39 is 205 Å². The molecule has 128 heavy (non-hydrogen) atoms. The first-order chi connectivity index (χ1) is 61.0. The number of carbonyl (C=O) groups excluding carboxylic acids is 15. The number of thioether (sulfide) groups is 1. The lowest BCUT2D eigenvalue weighted by atomic mass is 9.99. The molecule has 684 valence electrons. The van der Waals surface area contributed by atoms with Crippen LogP contribution in [0.2, 0.25) is 0 Å². The number of aliphatic carboxylic acids is 1. The van der Waals surface area contributed by atoms with Crippen LogP contribution in [0.4, 0.5) is 0 Å². The second-order valence-electron chi connectivity index (χ2n) is 32.1. The number of aromatic hydroxyl groups is 2. The van der Waals surface area contributed by atoms with Crippen molar-refractivity contribution >= 4 is 117 Å². The smallest absolute Gasteiger partial charge is 0.305 e. The quantitative estimate of drug-likeness (QED) is 0.0418. The van der Waals surface area contributed by atoms with Gasteiger partial charge >= 0.3 is 5.97 Å². The Hall–Kier alpha value is -13.7. The summed E-state index contributed by atoms with van der Waals surface area (Å²) < 4.78 is 0. The van der Waals surface area contributed by atoms with Crippen molar-refractivity contribution in [2.45, 2.75) is 158 Å². The van der Waals surface area contributed by atoms with Gasteiger partial charge in [0, 0.05) is 96.6 Å². The Bertz CT molecular complexity index is 5030. The van der Waals surface area contributed by atoms with Crippen molar-refractivity contribution in [2.75, 3.05) is 73.0 Å². The van der Waals surface area contributed by atoms with Crippen LogP contribution in [0, 0.1) is 5.92 Å². The van der Waals surface area contributed by atoms with Gasteiger partial charge in [-0.3, -0.25) is 76.7 Å². The molecule has 16 N–H and O–H groups in total. The number of carboxylic acids is 1. The third-order valence-electron chi connectivity index (χ3n) is 21.6. The molecule has 11 atom stereocenters. The van der Waals surface area contributed by atoms with Crippen molar-refractivity contribution in [2.24, 2.45) is 11.7 Å². The number of phenols is 2. The topological polar surface area (TPSA) is 520 Å². The number of aliphatic hydroxyl groups is 1. The molecular formula is C91H114N16O20S. The van der Waals surface area contributed by atoms with E-state index in [1.54, 1.807) is 135 Å². The molecule has 15 amide bonds. The summed E-state index contributed by atoms with van der Waals surface area (Å²) in [7, 11) is 6.32. The lowest BCUT2D eigenvalue weighted by Crippen LogP contribution is -2.61. The second kappa shape index (κ2) is 48.7. The van der Waals surface area contributed by atoms with Gasteiger partial charge in [0.25, 0.3) is 0 Å². The number of hydrogen-bond donors (Lipinski definition) is 15. The van der Waals surface area contributed by atoms with Gasteiger partial charge in [0.15, 0.2) is 0 Å². The second-order valence-corrected chi connectivity index (χ2v) is 33.1. The standard InChI is InChI=1S/C91H114N16O20S/c1-9-10-30-73-90(126)104(5)50-78(113)96-68(46-80(115)116)85(121)101-71(51-108)89(125)106(7)74(43-56-24-16-12-17-25-56)86(122)100-69(42-59-33-37-62(110)38-34-59)87(123)103(4)49-77(112)95-67(45-60-47-93-64-29-21-20-28-63(60)64)84(120)99-66(40-58-31-35-61(109)36-32-58)83(119)98-65(39-54(2)3)82(118)102-72(81(117)94-48-76(92)111)52-128-53-79(114)97-70(41-55-22-14-11-15-23-55)88(124)107(8)75(91(127)105(73)6)44-57-26-18-13-19-27-57/h11-29,31-38,47,54,65-75,93,108-110H,9-10,30,39-46,48-53H2,1-8H3,(H2,92,111)(H,94,117)(H,95,112)(H,96,113)(H,97,114)(H,98,119)(H,99,120)(H,100,122)(H,101,121)(H,102,118)(H,115,116)/t65-,66-,67-,68-,69-,70-,71-,72-,73-,74-,75-/m0/s1. The van der Waals surface area contributed by atoms with E-state index in [2.05, 4.69) is 52.8 Å². The Balaban J connectivity index is 1.20. The Morgan fingerprint density at radius 2 is 0.891 bits per heavy atom. The van der Waals surface area contributed by atoms with Gasteiger partial charge in [0.1, 0.15) is 78.0 Å². The van der Waals surface area contributed by atoms with Crippen LogP contribution >= 0.6 is 11.8 Å². The Labute approximate surface area is 745 Å². The Morgan fingerprint density at radius 3 is 1.43 bits per heavy atom. The average Bonchev–Trinajstić information content (AvgIpc) is 1.70. The number of nitrogens with zero attached hydrogens (tertiary/aromatic N) is 5.